The summed E-state index contributed by atoms with van der Waals surface area (Å²) in [6, 6.07) is 24.9. The van der Waals surface area contributed by atoms with E-state index in [0.29, 0.717) is 11.5 Å². The number of benzene rings is 3. The molecule has 0 saturated carbocycles. The summed E-state index contributed by atoms with van der Waals surface area (Å²) >= 11 is 3.49. The van der Waals surface area contributed by atoms with Gasteiger partial charge in [-0.05, 0) is 28.8 Å². The molecule has 1 unspecified atom stereocenters. The molecule has 1 aliphatic heterocycles. The van der Waals surface area contributed by atoms with E-state index in [0.717, 1.165) is 16.7 Å². The number of alkyl halides is 1. The molecule has 0 aliphatic carbocycles. The number of carbonyl (C=O) groups excluding carboxylic acids is 1. The van der Waals surface area contributed by atoms with Gasteiger partial charge in [0.05, 0.1) is 0 Å². The van der Waals surface area contributed by atoms with E-state index in [9.17, 15) is 4.79 Å². The molecule has 0 bridgehead atoms. The molecule has 4 nitrogen and oxygen atoms in total. The Morgan fingerprint density at radius 1 is 0.828 bits per heavy atom. The summed E-state index contributed by atoms with van der Waals surface area (Å²) in [5.41, 5.74) is 2.58. The van der Waals surface area contributed by atoms with Crippen molar-refractivity contribution < 1.29 is 19.0 Å². The maximum absolute atomic E-state index is 13.0. The van der Waals surface area contributed by atoms with Gasteiger partial charge in [0, 0.05) is 13.8 Å². The zero-order valence-corrected chi connectivity index (χ0v) is 17.8. The van der Waals surface area contributed by atoms with Crippen molar-refractivity contribution in [1.82, 2.24) is 0 Å². The van der Waals surface area contributed by atoms with Gasteiger partial charge in [0.25, 0.3) is 0 Å². The molecule has 1 aliphatic rings. The molecule has 0 saturated heterocycles. The average molecular weight is 453 g/mol. The molecule has 1 heterocycles. The van der Waals surface area contributed by atoms with E-state index in [1.54, 1.807) is 0 Å². The molecular formula is C24H21BrO4. The number of carbonyl (C=O) groups is 1. The fourth-order valence-electron chi connectivity index (χ4n) is 3.29. The van der Waals surface area contributed by atoms with E-state index in [1.165, 1.54) is 0 Å². The fourth-order valence-corrected chi connectivity index (χ4v) is 3.69. The van der Waals surface area contributed by atoms with Crippen molar-refractivity contribution in [2.75, 3.05) is 0 Å². The summed E-state index contributed by atoms with van der Waals surface area (Å²) in [7, 11) is 0. The average Bonchev–Trinajstić information content (AvgIpc) is 3.05. The number of halogens is 1. The van der Waals surface area contributed by atoms with Crippen LogP contribution in [0.15, 0.2) is 78.9 Å². The van der Waals surface area contributed by atoms with E-state index in [1.807, 2.05) is 92.7 Å². The van der Waals surface area contributed by atoms with Crippen LogP contribution >= 0.6 is 15.9 Å². The van der Waals surface area contributed by atoms with Crippen molar-refractivity contribution in [1.29, 1.82) is 0 Å². The predicted octanol–water partition coefficient (Wildman–Crippen LogP) is 5.96. The van der Waals surface area contributed by atoms with Crippen LogP contribution in [0.25, 0.3) is 0 Å². The summed E-state index contributed by atoms with van der Waals surface area (Å²) in [5, 5.41) is 0. The molecule has 0 amide bonds. The number of hydrogen-bond donors (Lipinski definition) is 0. The van der Waals surface area contributed by atoms with Crippen molar-refractivity contribution in [3.63, 3.8) is 0 Å². The lowest BCUT2D eigenvalue weighted by Gasteiger charge is -2.21. The summed E-state index contributed by atoms with van der Waals surface area (Å²) in [6.45, 7) is 3.69. The first-order valence-corrected chi connectivity index (χ1v) is 10.3. The van der Waals surface area contributed by atoms with Crippen molar-refractivity contribution >= 4 is 21.9 Å². The lowest BCUT2D eigenvalue weighted by Crippen LogP contribution is -2.29. The number of hydrogen-bond acceptors (Lipinski definition) is 4. The zero-order chi connectivity index (χ0) is 20.4. The Kier molecular flexibility index (Phi) is 5.33. The van der Waals surface area contributed by atoms with Crippen LogP contribution in [0.2, 0.25) is 0 Å². The highest BCUT2D eigenvalue weighted by molar-refractivity contribution is 9.09. The topological polar surface area (TPSA) is 44.8 Å². The Balaban J connectivity index is 1.57. The first-order valence-electron chi connectivity index (χ1n) is 9.39. The molecule has 29 heavy (non-hydrogen) atoms. The third-order valence-electron chi connectivity index (χ3n) is 4.62. The highest BCUT2D eigenvalue weighted by Crippen LogP contribution is 2.42. The van der Waals surface area contributed by atoms with Gasteiger partial charge in [0.1, 0.15) is 4.83 Å². The second kappa shape index (κ2) is 7.91. The van der Waals surface area contributed by atoms with E-state index in [2.05, 4.69) is 15.9 Å². The summed E-state index contributed by atoms with van der Waals surface area (Å²) in [5.74, 6) is 0.196. The summed E-state index contributed by atoms with van der Waals surface area (Å²) in [6.07, 6.45) is -0.488. The smallest absolute Gasteiger partial charge is 0.325 e. The third kappa shape index (κ3) is 4.30. The molecule has 0 fully saturated rings. The van der Waals surface area contributed by atoms with Crippen LogP contribution in [-0.4, -0.2) is 11.8 Å². The first-order chi connectivity index (χ1) is 13.9. The normalized spacial score (nSPS) is 15.2. The largest absolute Gasteiger partial charge is 0.451 e. The lowest BCUT2D eigenvalue weighted by atomic mass is 10.0. The van der Waals surface area contributed by atoms with E-state index < -0.39 is 16.7 Å². The van der Waals surface area contributed by atoms with Crippen LogP contribution in [0.3, 0.4) is 0 Å². The molecule has 5 heteroatoms. The number of esters is 1. The molecule has 0 aromatic heterocycles. The molecule has 3 aromatic rings. The van der Waals surface area contributed by atoms with Crippen LogP contribution in [0.5, 0.6) is 11.5 Å². The summed E-state index contributed by atoms with van der Waals surface area (Å²) < 4.78 is 17.4. The number of fused-ring (bicyclic) bond motifs is 1. The van der Waals surface area contributed by atoms with Crippen molar-refractivity contribution in [3.8, 4) is 11.5 Å². The highest BCUT2D eigenvalue weighted by Gasteiger charge is 2.33. The van der Waals surface area contributed by atoms with Gasteiger partial charge in [-0.1, -0.05) is 82.7 Å². The minimum absolute atomic E-state index is 0.374. The van der Waals surface area contributed by atoms with Crippen molar-refractivity contribution in [2.24, 2.45) is 0 Å². The maximum Gasteiger partial charge on any atom is 0.325 e. The van der Waals surface area contributed by atoms with Crippen LogP contribution in [0.1, 0.15) is 41.5 Å². The van der Waals surface area contributed by atoms with E-state index in [4.69, 9.17) is 14.2 Å². The van der Waals surface area contributed by atoms with Gasteiger partial charge in [-0.2, -0.15) is 0 Å². The minimum atomic E-state index is -0.713. The summed E-state index contributed by atoms with van der Waals surface area (Å²) in [4.78, 5) is 12.4. The molecule has 0 N–H and O–H groups in total. The Morgan fingerprint density at radius 2 is 1.38 bits per heavy atom. The number of ether oxygens (including phenoxy) is 3. The van der Waals surface area contributed by atoms with E-state index >= 15 is 0 Å². The van der Waals surface area contributed by atoms with Gasteiger partial charge >= 0.3 is 5.97 Å². The third-order valence-corrected chi connectivity index (χ3v) is 5.52. The fraction of sp³-hybridized carbons (Fsp3) is 0.208. The van der Waals surface area contributed by atoms with Crippen LogP contribution in [0, 0.1) is 0 Å². The SMILES string of the molecule is CC1(C)Oc2ccc(C(Br)C(=O)OC(c3ccccc3)c3ccccc3)cc2O1. The molecule has 0 spiro atoms. The molecule has 1 atom stereocenters. The molecular weight excluding hydrogens is 432 g/mol. The second-order valence-corrected chi connectivity index (χ2v) is 8.23. The van der Waals surface area contributed by atoms with Gasteiger partial charge in [0.15, 0.2) is 17.6 Å². The van der Waals surface area contributed by atoms with Gasteiger partial charge in [0.2, 0.25) is 5.79 Å². The molecule has 4 rings (SSSR count). The minimum Gasteiger partial charge on any atom is -0.451 e. The Labute approximate surface area is 178 Å². The Hall–Kier alpha value is -2.79. The van der Waals surface area contributed by atoms with Gasteiger partial charge < -0.3 is 14.2 Å². The first kappa shape index (κ1) is 19.5. The monoisotopic (exact) mass is 452 g/mol. The van der Waals surface area contributed by atoms with Gasteiger partial charge in [-0.3, -0.25) is 4.79 Å². The van der Waals surface area contributed by atoms with E-state index in [-0.39, 0.29) is 5.97 Å². The number of rotatable bonds is 5. The Bertz CT molecular complexity index is 962. The second-order valence-electron chi connectivity index (χ2n) is 7.31. The molecule has 3 aromatic carbocycles. The van der Waals surface area contributed by atoms with Crippen molar-refractivity contribution in [3.05, 3.63) is 95.6 Å². The predicted molar refractivity (Wildman–Crippen MR) is 114 cm³/mol. The van der Waals surface area contributed by atoms with Gasteiger partial charge in [-0.25, -0.2) is 0 Å². The van der Waals surface area contributed by atoms with Crippen LogP contribution < -0.4 is 9.47 Å². The van der Waals surface area contributed by atoms with Gasteiger partial charge in [-0.15, -0.1) is 0 Å². The quantitative estimate of drug-likeness (QED) is 0.353. The van der Waals surface area contributed by atoms with Crippen LogP contribution in [0.4, 0.5) is 0 Å². The van der Waals surface area contributed by atoms with Crippen molar-refractivity contribution in [2.45, 2.75) is 30.6 Å². The Morgan fingerprint density at radius 3 is 1.97 bits per heavy atom. The lowest BCUT2D eigenvalue weighted by molar-refractivity contribution is -0.146. The highest BCUT2D eigenvalue weighted by atomic mass is 79.9. The standard InChI is InChI=1S/C24H21BrO4/c1-24(2)28-19-14-13-18(15-20(19)29-24)21(25)23(26)27-22(16-9-5-3-6-10-16)17-11-7-4-8-12-17/h3-15,21-22H,1-2H3. The zero-order valence-electron chi connectivity index (χ0n) is 16.2. The molecule has 0 radical (unpaired) electrons. The molecule has 148 valence electrons. The van der Waals surface area contributed by atoms with Crippen LogP contribution in [-0.2, 0) is 9.53 Å². The maximum atomic E-state index is 13.0.